The molecule has 0 aliphatic carbocycles. The van der Waals surface area contributed by atoms with E-state index in [4.69, 9.17) is 26.2 Å². The number of hydrogen-bond donors (Lipinski definition) is 1. The number of carbonyl (C=O) groups is 3. The number of amides is 2. The van der Waals surface area contributed by atoms with Gasteiger partial charge < -0.3 is 24.4 Å². The fourth-order valence-electron chi connectivity index (χ4n) is 5.40. The normalized spacial score (nSPS) is 17.2. The van der Waals surface area contributed by atoms with Gasteiger partial charge in [0.1, 0.15) is 29.2 Å². The predicted molar refractivity (Wildman–Crippen MR) is 155 cm³/mol. The van der Waals surface area contributed by atoms with Gasteiger partial charge in [-0.3, -0.25) is 14.4 Å². The van der Waals surface area contributed by atoms with E-state index in [9.17, 15) is 18.8 Å². The number of carbonyl (C=O) groups excluding carboxylic acids is 2. The predicted octanol–water partition coefficient (Wildman–Crippen LogP) is 5.73. The molecule has 2 aliphatic rings. The zero-order chi connectivity index (χ0) is 31.1. The maximum absolute atomic E-state index is 15.4. The van der Waals surface area contributed by atoms with E-state index < -0.39 is 35.2 Å². The van der Waals surface area contributed by atoms with E-state index in [2.05, 4.69) is 4.98 Å². The van der Waals surface area contributed by atoms with E-state index in [0.29, 0.717) is 40.6 Å². The number of hydrogen-bond acceptors (Lipinski definition) is 6. The van der Waals surface area contributed by atoms with Gasteiger partial charge in [0.15, 0.2) is 5.60 Å². The molecule has 9 nitrogen and oxygen atoms in total. The highest BCUT2D eigenvalue weighted by molar-refractivity contribution is 6.31. The lowest BCUT2D eigenvalue weighted by Crippen LogP contribution is -2.58. The number of halogens is 3. The minimum atomic E-state index is -1.13. The van der Waals surface area contributed by atoms with Crippen molar-refractivity contribution in [2.75, 3.05) is 18.0 Å². The fourth-order valence-corrected chi connectivity index (χ4v) is 5.56. The third kappa shape index (κ3) is 6.27. The average molecular weight is 614 g/mol. The number of nitrogens with zero attached hydrogens (tertiary/aromatic N) is 3. The number of carboxylic acid groups (broad SMARTS) is 1. The van der Waals surface area contributed by atoms with Crippen LogP contribution in [0.15, 0.2) is 48.7 Å². The van der Waals surface area contributed by atoms with Crippen molar-refractivity contribution in [2.45, 2.75) is 57.8 Å². The molecule has 0 saturated carbocycles. The number of aliphatic carboxylic acids is 1. The van der Waals surface area contributed by atoms with Crippen molar-refractivity contribution in [2.24, 2.45) is 0 Å². The first kappa shape index (κ1) is 30.2. The van der Waals surface area contributed by atoms with E-state index in [1.165, 1.54) is 43.5 Å². The number of pyridine rings is 1. The van der Waals surface area contributed by atoms with E-state index in [1.54, 1.807) is 29.7 Å². The number of likely N-dealkylation sites (tertiary alicyclic amines) is 1. The molecule has 2 aliphatic heterocycles. The monoisotopic (exact) mass is 613 g/mol. The van der Waals surface area contributed by atoms with Crippen LogP contribution < -0.4 is 14.4 Å². The Morgan fingerprint density at radius 3 is 2.56 bits per heavy atom. The molecule has 3 heterocycles. The van der Waals surface area contributed by atoms with Gasteiger partial charge in [0.05, 0.1) is 17.0 Å². The van der Waals surface area contributed by atoms with Crippen LogP contribution in [0.2, 0.25) is 5.02 Å². The van der Waals surface area contributed by atoms with E-state index in [0.717, 1.165) is 6.07 Å². The standard InChI is InChI=1S/C31H30ClF2N3O6/c1-17(12-27(38)39)42-26-15-20(33)5-7-22(26)18-4-6-23(24(34)13-18)29(40)36-10-8-21(9-11-36)37-25-14-19(32)16-35-28(25)43-31(2,3)30(37)41/h4-7,13-17,21H,8-12H2,1-3H3,(H,38,39)/t17-/m1/s1. The van der Waals surface area contributed by atoms with Crippen LogP contribution in [0.4, 0.5) is 14.5 Å². The lowest BCUT2D eigenvalue weighted by molar-refractivity contribution is -0.138. The summed E-state index contributed by atoms with van der Waals surface area (Å²) in [5, 5.41) is 9.38. The molecule has 1 atom stereocenters. The summed E-state index contributed by atoms with van der Waals surface area (Å²) in [4.78, 5) is 45.2. The highest BCUT2D eigenvalue weighted by Crippen LogP contribution is 2.40. The van der Waals surface area contributed by atoms with Gasteiger partial charge >= 0.3 is 5.97 Å². The van der Waals surface area contributed by atoms with Crippen LogP contribution in [0.25, 0.3) is 11.1 Å². The minimum Gasteiger partial charge on any atom is -0.489 e. The van der Waals surface area contributed by atoms with Gasteiger partial charge in [0.2, 0.25) is 5.88 Å². The number of carboxylic acids is 1. The molecule has 3 aromatic rings. The number of rotatable bonds is 7. The summed E-state index contributed by atoms with van der Waals surface area (Å²) in [6, 6.07) is 9.17. The second-order valence-corrected chi connectivity index (χ2v) is 11.6. The van der Waals surface area contributed by atoms with Crippen molar-refractivity contribution in [3.63, 3.8) is 0 Å². The number of fused-ring (bicyclic) bond motifs is 1. The van der Waals surface area contributed by atoms with Gasteiger partial charge in [-0.2, -0.15) is 0 Å². The Bertz CT molecular complexity index is 1590. The second-order valence-electron chi connectivity index (χ2n) is 11.2. The summed E-state index contributed by atoms with van der Waals surface area (Å²) >= 11 is 6.16. The molecule has 12 heteroatoms. The summed E-state index contributed by atoms with van der Waals surface area (Å²) in [6.45, 7) is 5.45. The van der Waals surface area contributed by atoms with Crippen molar-refractivity contribution in [3.8, 4) is 22.8 Å². The number of ether oxygens (including phenoxy) is 2. The van der Waals surface area contributed by atoms with Crippen LogP contribution >= 0.6 is 11.6 Å². The summed E-state index contributed by atoms with van der Waals surface area (Å²) in [5.41, 5.74) is -0.0919. The van der Waals surface area contributed by atoms with Crippen molar-refractivity contribution in [1.29, 1.82) is 0 Å². The molecule has 0 radical (unpaired) electrons. The van der Waals surface area contributed by atoms with Crippen molar-refractivity contribution in [3.05, 3.63) is 70.9 Å². The van der Waals surface area contributed by atoms with Crippen LogP contribution in [0.3, 0.4) is 0 Å². The smallest absolute Gasteiger partial charge is 0.307 e. The first-order chi connectivity index (χ1) is 20.3. The Morgan fingerprint density at radius 1 is 1.16 bits per heavy atom. The molecular weight excluding hydrogens is 584 g/mol. The Hall–Kier alpha value is -4.25. The number of piperidine rings is 1. The van der Waals surface area contributed by atoms with Gasteiger partial charge in [-0.25, -0.2) is 13.8 Å². The lowest BCUT2D eigenvalue weighted by atomic mass is 9.96. The van der Waals surface area contributed by atoms with Gasteiger partial charge in [-0.05, 0) is 69.5 Å². The minimum absolute atomic E-state index is 0.0631. The summed E-state index contributed by atoms with van der Waals surface area (Å²) in [7, 11) is 0. The Balaban J connectivity index is 1.31. The van der Waals surface area contributed by atoms with Gasteiger partial charge in [0.25, 0.3) is 11.8 Å². The second kappa shape index (κ2) is 11.8. The van der Waals surface area contributed by atoms with Crippen LogP contribution in [-0.4, -0.2) is 63.6 Å². The van der Waals surface area contributed by atoms with Gasteiger partial charge in [-0.15, -0.1) is 0 Å². The van der Waals surface area contributed by atoms with Crippen molar-refractivity contribution < 1.29 is 37.7 Å². The van der Waals surface area contributed by atoms with Crippen LogP contribution in [0, 0.1) is 11.6 Å². The summed E-state index contributed by atoms with van der Waals surface area (Å²) in [5.74, 6) is -2.80. The Labute approximate surface area is 252 Å². The van der Waals surface area contributed by atoms with Crippen LogP contribution in [-0.2, 0) is 9.59 Å². The summed E-state index contributed by atoms with van der Waals surface area (Å²) in [6.07, 6.45) is 1.29. The molecule has 5 rings (SSSR count). The number of benzene rings is 2. The fraction of sp³-hybridized carbons (Fsp3) is 0.355. The highest BCUT2D eigenvalue weighted by Gasteiger charge is 2.45. The number of anilines is 1. The van der Waals surface area contributed by atoms with E-state index in [-0.39, 0.29) is 42.8 Å². The molecule has 1 aromatic heterocycles. The molecule has 1 N–H and O–H groups in total. The largest absolute Gasteiger partial charge is 0.489 e. The molecular formula is C31H30ClF2N3O6. The average Bonchev–Trinajstić information content (AvgIpc) is 2.93. The number of aromatic nitrogens is 1. The third-order valence-electron chi connectivity index (χ3n) is 7.51. The molecule has 0 unspecified atom stereocenters. The Morgan fingerprint density at radius 2 is 1.88 bits per heavy atom. The molecule has 1 fully saturated rings. The van der Waals surface area contributed by atoms with E-state index in [1.807, 2.05) is 0 Å². The van der Waals surface area contributed by atoms with Crippen molar-refractivity contribution >= 4 is 35.1 Å². The molecule has 2 aromatic carbocycles. The summed E-state index contributed by atoms with van der Waals surface area (Å²) < 4.78 is 40.8. The zero-order valence-electron chi connectivity index (χ0n) is 23.8. The van der Waals surface area contributed by atoms with Crippen molar-refractivity contribution in [1.82, 2.24) is 9.88 Å². The SMILES string of the molecule is C[C@H](CC(=O)O)Oc1cc(F)ccc1-c1ccc(C(=O)N2CCC(N3C(=O)C(C)(C)Oc4ncc(Cl)cc43)CC2)c(F)c1. The highest BCUT2D eigenvalue weighted by atomic mass is 35.5. The van der Waals surface area contributed by atoms with Gasteiger partial charge in [0, 0.05) is 37.0 Å². The van der Waals surface area contributed by atoms with E-state index >= 15 is 4.39 Å². The quantitative estimate of drug-likeness (QED) is 0.362. The molecule has 0 bridgehead atoms. The third-order valence-corrected chi connectivity index (χ3v) is 7.71. The first-order valence-corrected chi connectivity index (χ1v) is 14.2. The van der Waals surface area contributed by atoms with Crippen LogP contribution in [0.5, 0.6) is 11.6 Å². The maximum atomic E-state index is 15.4. The first-order valence-electron chi connectivity index (χ1n) is 13.8. The molecule has 2 amide bonds. The molecule has 0 spiro atoms. The topological polar surface area (TPSA) is 109 Å². The maximum Gasteiger partial charge on any atom is 0.307 e. The lowest BCUT2D eigenvalue weighted by Gasteiger charge is -2.44. The molecule has 1 saturated heterocycles. The Kier molecular flexibility index (Phi) is 8.29. The molecule has 43 heavy (non-hydrogen) atoms. The van der Waals surface area contributed by atoms with Crippen LogP contribution in [0.1, 0.15) is 50.4 Å². The molecule has 226 valence electrons. The zero-order valence-corrected chi connectivity index (χ0v) is 24.5. The van der Waals surface area contributed by atoms with Gasteiger partial charge in [-0.1, -0.05) is 17.7 Å².